The lowest BCUT2D eigenvalue weighted by atomic mass is 10.1. The third-order valence-electron chi connectivity index (χ3n) is 3.18. The highest BCUT2D eigenvalue weighted by molar-refractivity contribution is 6.30. The Labute approximate surface area is 125 Å². The Kier molecular flexibility index (Phi) is 3.31. The van der Waals surface area contributed by atoms with Crippen molar-refractivity contribution in [1.82, 2.24) is 20.2 Å². The molecule has 0 atom stereocenters. The van der Waals surface area contributed by atoms with Gasteiger partial charge in [0, 0.05) is 16.3 Å². The van der Waals surface area contributed by atoms with Crippen molar-refractivity contribution in [1.29, 1.82) is 0 Å². The number of benzene rings is 2. The lowest BCUT2D eigenvalue weighted by molar-refractivity contribution is 0.625. The fourth-order valence-electron chi connectivity index (χ4n) is 2.09. The smallest absolute Gasteiger partial charge is 0.187 e. The standard InChI is InChI=1S/C14H11ClFN5/c1-8-12(3-2-4-13(8)17)14-18-19-20-21(14)11-6-9(15)5-10(16)7-11/h2-7H,17H2,1H3. The molecule has 1 aromatic heterocycles. The molecule has 2 N–H and O–H groups in total. The number of tetrazole rings is 1. The van der Waals surface area contributed by atoms with Gasteiger partial charge in [-0.15, -0.1) is 5.10 Å². The summed E-state index contributed by atoms with van der Waals surface area (Å²) in [6.07, 6.45) is 0. The average molecular weight is 304 g/mol. The molecule has 7 heteroatoms. The Hall–Kier alpha value is -2.47. The van der Waals surface area contributed by atoms with Crippen LogP contribution in [-0.4, -0.2) is 20.2 Å². The summed E-state index contributed by atoms with van der Waals surface area (Å²) in [4.78, 5) is 0. The van der Waals surface area contributed by atoms with Gasteiger partial charge in [-0.1, -0.05) is 23.7 Å². The van der Waals surface area contributed by atoms with Crippen LogP contribution in [0.1, 0.15) is 5.56 Å². The molecule has 0 aliphatic rings. The summed E-state index contributed by atoms with van der Waals surface area (Å²) < 4.78 is 14.9. The van der Waals surface area contributed by atoms with Gasteiger partial charge >= 0.3 is 0 Å². The van der Waals surface area contributed by atoms with Crippen molar-refractivity contribution in [2.24, 2.45) is 0 Å². The van der Waals surface area contributed by atoms with E-state index in [0.29, 0.717) is 17.2 Å². The molecule has 1 heterocycles. The van der Waals surface area contributed by atoms with E-state index >= 15 is 0 Å². The molecule has 0 radical (unpaired) electrons. The van der Waals surface area contributed by atoms with E-state index < -0.39 is 5.82 Å². The summed E-state index contributed by atoms with van der Waals surface area (Å²) in [5.74, 6) is 0.0183. The van der Waals surface area contributed by atoms with Crippen LogP contribution in [0.2, 0.25) is 5.02 Å². The normalized spacial score (nSPS) is 10.8. The number of halogens is 2. The monoisotopic (exact) mass is 303 g/mol. The number of aromatic nitrogens is 4. The van der Waals surface area contributed by atoms with Gasteiger partial charge in [-0.3, -0.25) is 0 Å². The van der Waals surface area contributed by atoms with Crippen molar-refractivity contribution in [2.45, 2.75) is 6.92 Å². The molecular formula is C14H11ClFN5. The molecule has 106 valence electrons. The largest absolute Gasteiger partial charge is 0.398 e. The van der Waals surface area contributed by atoms with Crippen molar-refractivity contribution in [3.05, 3.63) is 52.8 Å². The zero-order valence-electron chi connectivity index (χ0n) is 11.1. The second-order valence-corrected chi connectivity index (χ2v) is 5.00. The average Bonchev–Trinajstić information content (AvgIpc) is 2.90. The SMILES string of the molecule is Cc1c(N)cccc1-c1nnnn1-c1cc(F)cc(Cl)c1. The van der Waals surface area contributed by atoms with Crippen LogP contribution in [0, 0.1) is 12.7 Å². The molecule has 0 unspecified atom stereocenters. The van der Waals surface area contributed by atoms with E-state index in [1.807, 2.05) is 19.1 Å². The Morgan fingerprint density at radius 3 is 2.81 bits per heavy atom. The third kappa shape index (κ3) is 2.45. The van der Waals surface area contributed by atoms with E-state index in [4.69, 9.17) is 17.3 Å². The van der Waals surface area contributed by atoms with E-state index in [-0.39, 0.29) is 5.02 Å². The summed E-state index contributed by atoms with van der Waals surface area (Å²) in [5.41, 5.74) is 8.62. The van der Waals surface area contributed by atoms with Crippen molar-refractivity contribution in [2.75, 3.05) is 5.73 Å². The van der Waals surface area contributed by atoms with Crippen molar-refractivity contribution in [3.8, 4) is 17.1 Å². The Morgan fingerprint density at radius 1 is 1.24 bits per heavy atom. The van der Waals surface area contributed by atoms with Gasteiger partial charge in [-0.25, -0.2) is 4.39 Å². The van der Waals surface area contributed by atoms with Gasteiger partial charge in [0.2, 0.25) is 0 Å². The van der Waals surface area contributed by atoms with Gasteiger partial charge in [0.1, 0.15) is 5.82 Å². The molecule has 0 fully saturated rings. The summed E-state index contributed by atoms with van der Waals surface area (Å²) in [6, 6.07) is 9.59. The van der Waals surface area contributed by atoms with Gasteiger partial charge in [-0.2, -0.15) is 4.68 Å². The van der Waals surface area contributed by atoms with E-state index in [2.05, 4.69) is 15.5 Å². The predicted molar refractivity (Wildman–Crippen MR) is 78.7 cm³/mol. The summed E-state index contributed by atoms with van der Waals surface area (Å²) in [6.45, 7) is 1.88. The quantitative estimate of drug-likeness (QED) is 0.739. The van der Waals surface area contributed by atoms with Crippen molar-refractivity contribution >= 4 is 17.3 Å². The number of nitrogens with zero attached hydrogens (tertiary/aromatic N) is 4. The van der Waals surface area contributed by atoms with Crippen LogP contribution in [0.3, 0.4) is 0 Å². The minimum Gasteiger partial charge on any atom is -0.398 e. The number of nitrogen functional groups attached to an aromatic ring is 1. The van der Waals surface area contributed by atoms with Gasteiger partial charge in [0.05, 0.1) is 5.69 Å². The lowest BCUT2D eigenvalue weighted by Gasteiger charge is -2.09. The van der Waals surface area contributed by atoms with Crippen LogP contribution >= 0.6 is 11.6 Å². The van der Waals surface area contributed by atoms with Crippen LogP contribution < -0.4 is 5.73 Å². The van der Waals surface area contributed by atoms with Crippen LogP contribution in [0.15, 0.2) is 36.4 Å². The molecule has 0 spiro atoms. The number of nitrogens with two attached hydrogens (primary N) is 1. The van der Waals surface area contributed by atoms with Gasteiger partial charge < -0.3 is 5.73 Å². The first kappa shape index (κ1) is 13.5. The van der Waals surface area contributed by atoms with E-state index in [0.717, 1.165) is 11.1 Å². The van der Waals surface area contributed by atoms with Crippen molar-refractivity contribution < 1.29 is 4.39 Å². The van der Waals surface area contributed by atoms with Gasteiger partial charge in [0.25, 0.3) is 0 Å². The molecule has 3 rings (SSSR count). The Morgan fingerprint density at radius 2 is 2.05 bits per heavy atom. The zero-order chi connectivity index (χ0) is 15.0. The number of hydrogen-bond acceptors (Lipinski definition) is 4. The van der Waals surface area contributed by atoms with E-state index in [1.54, 1.807) is 12.1 Å². The predicted octanol–water partition coefficient (Wildman–Crippen LogP) is 3.01. The number of hydrogen-bond donors (Lipinski definition) is 1. The highest BCUT2D eigenvalue weighted by Gasteiger charge is 2.15. The molecule has 5 nitrogen and oxygen atoms in total. The van der Waals surface area contributed by atoms with Gasteiger partial charge in [-0.05, 0) is 47.2 Å². The van der Waals surface area contributed by atoms with Crippen LogP contribution in [0.4, 0.5) is 10.1 Å². The summed E-state index contributed by atoms with van der Waals surface area (Å²) >= 11 is 5.88. The Balaban J connectivity index is 2.19. The zero-order valence-corrected chi connectivity index (χ0v) is 11.8. The first-order valence-electron chi connectivity index (χ1n) is 6.16. The summed E-state index contributed by atoms with van der Waals surface area (Å²) in [5, 5.41) is 11.8. The third-order valence-corrected chi connectivity index (χ3v) is 3.40. The van der Waals surface area contributed by atoms with Crippen molar-refractivity contribution in [3.63, 3.8) is 0 Å². The maximum absolute atomic E-state index is 13.5. The molecule has 0 saturated heterocycles. The molecule has 3 aromatic rings. The molecule has 21 heavy (non-hydrogen) atoms. The molecule has 0 aliphatic carbocycles. The number of rotatable bonds is 2. The van der Waals surface area contributed by atoms with E-state index in [9.17, 15) is 4.39 Å². The molecule has 0 aliphatic heterocycles. The van der Waals surface area contributed by atoms with Crippen LogP contribution in [-0.2, 0) is 0 Å². The minimum atomic E-state index is -0.455. The highest BCUT2D eigenvalue weighted by atomic mass is 35.5. The molecule has 0 saturated carbocycles. The second-order valence-electron chi connectivity index (χ2n) is 4.56. The maximum Gasteiger partial charge on any atom is 0.187 e. The minimum absolute atomic E-state index is 0.274. The van der Waals surface area contributed by atoms with Gasteiger partial charge in [0.15, 0.2) is 5.82 Å². The molecular weight excluding hydrogens is 293 g/mol. The lowest BCUT2D eigenvalue weighted by Crippen LogP contribution is -2.02. The topological polar surface area (TPSA) is 69.6 Å². The highest BCUT2D eigenvalue weighted by Crippen LogP contribution is 2.27. The first-order chi connectivity index (χ1) is 10.1. The fraction of sp³-hybridized carbons (Fsp3) is 0.0714. The molecule has 0 amide bonds. The van der Waals surface area contributed by atoms with Crippen LogP contribution in [0.25, 0.3) is 17.1 Å². The summed E-state index contributed by atoms with van der Waals surface area (Å²) in [7, 11) is 0. The Bertz CT molecular complexity index is 795. The number of anilines is 1. The maximum atomic E-state index is 13.5. The second kappa shape index (κ2) is 5.14. The van der Waals surface area contributed by atoms with Crippen LogP contribution in [0.5, 0.6) is 0 Å². The molecule has 0 bridgehead atoms. The first-order valence-corrected chi connectivity index (χ1v) is 6.54. The van der Waals surface area contributed by atoms with E-state index in [1.165, 1.54) is 16.8 Å². The molecule has 2 aromatic carbocycles. The fourth-order valence-corrected chi connectivity index (χ4v) is 2.30.